The van der Waals surface area contributed by atoms with Crippen molar-refractivity contribution in [2.24, 2.45) is 0 Å². The van der Waals surface area contributed by atoms with Gasteiger partial charge in [0.05, 0.1) is 0 Å². The predicted molar refractivity (Wildman–Crippen MR) is 85.6 cm³/mol. The van der Waals surface area contributed by atoms with Crippen LogP contribution in [0.25, 0.3) is 0 Å². The maximum absolute atomic E-state index is 9.27. The number of nitrogens with zero attached hydrogens (tertiary/aromatic N) is 3. The summed E-state index contributed by atoms with van der Waals surface area (Å²) in [5.41, 5.74) is 1.54. The number of hydrogen-bond donors (Lipinski definition) is 1. The first-order chi connectivity index (χ1) is 10.2. The molecule has 6 heteroatoms. The van der Waals surface area contributed by atoms with E-state index in [1.807, 2.05) is 37.3 Å². The number of anilines is 1. The van der Waals surface area contributed by atoms with E-state index in [2.05, 4.69) is 15.3 Å². The molecule has 1 unspecified atom stereocenters. The molecule has 1 heterocycles. The molecule has 0 radical (unpaired) electrons. The van der Waals surface area contributed by atoms with Crippen molar-refractivity contribution >= 4 is 28.1 Å². The molecule has 0 aliphatic heterocycles. The lowest BCUT2D eigenvalue weighted by Crippen LogP contribution is -2.33. The van der Waals surface area contributed by atoms with Gasteiger partial charge in [0.15, 0.2) is 5.15 Å². The molecule has 0 saturated carbocycles. The Balaban J connectivity index is 2.34. The minimum Gasteiger partial charge on any atom is -0.396 e. The first kappa shape index (κ1) is 15.8. The second-order valence-electron chi connectivity index (χ2n) is 4.74. The number of hydrogen-bond acceptors (Lipinski definition) is 5. The first-order valence-corrected chi connectivity index (χ1v) is 7.79. The highest BCUT2D eigenvalue weighted by molar-refractivity contribution is 7.10. The van der Waals surface area contributed by atoms with Crippen LogP contribution < -0.4 is 4.90 Å². The van der Waals surface area contributed by atoms with E-state index in [-0.39, 0.29) is 17.8 Å². The standard InChI is InChI=1S/C15H16ClN3OS/c1-11(7-8-20)19(10-12-5-3-2-4-6-12)15-13(9-17)14(16)18-21-15/h2-6,11,20H,7-8,10H2,1H3. The highest BCUT2D eigenvalue weighted by Gasteiger charge is 2.22. The first-order valence-electron chi connectivity index (χ1n) is 6.64. The summed E-state index contributed by atoms with van der Waals surface area (Å²) in [7, 11) is 0. The van der Waals surface area contributed by atoms with Gasteiger partial charge < -0.3 is 10.0 Å². The van der Waals surface area contributed by atoms with Crippen LogP contribution in [0.5, 0.6) is 0 Å². The van der Waals surface area contributed by atoms with Crippen LogP contribution >= 0.6 is 23.1 Å². The van der Waals surface area contributed by atoms with Gasteiger partial charge in [-0.1, -0.05) is 41.9 Å². The topological polar surface area (TPSA) is 60.1 Å². The fraction of sp³-hybridized carbons (Fsp3) is 0.333. The zero-order chi connectivity index (χ0) is 15.2. The van der Waals surface area contributed by atoms with Crippen molar-refractivity contribution in [2.75, 3.05) is 11.5 Å². The molecule has 2 aromatic rings. The van der Waals surface area contributed by atoms with Crippen LogP contribution in [0.3, 0.4) is 0 Å². The second-order valence-corrected chi connectivity index (χ2v) is 5.85. The Bertz CT molecular complexity index is 624. The van der Waals surface area contributed by atoms with Crippen LogP contribution in [0.15, 0.2) is 30.3 Å². The average molecular weight is 322 g/mol. The normalized spacial score (nSPS) is 11.9. The molecule has 0 bridgehead atoms. The van der Waals surface area contributed by atoms with Crippen molar-refractivity contribution in [3.8, 4) is 6.07 Å². The lowest BCUT2D eigenvalue weighted by atomic mass is 10.1. The third-order valence-corrected chi connectivity index (χ3v) is 4.54. The fourth-order valence-electron chi connectivity index (χ4n) is 2.10. The Morgan fingerprint density at radius 1 is 1.43 bits per heavy atom. The summed E-state index contributed by atoms with van der Waals surface area (Å²) >= 11 is 7.20. The third-order valence-electron chi connectivity index (χ3n) is 3.28. The van der Waals surface area contributed by atoms with Crippen molar-refractivity contribution in [3.63, 3.8) is 0 Å². The van der Waals surface area contributed by atoms with Gasteiger partial charge in [0.1, 0.15) is 16.6 Å². The van der Waals surface area contributed by atoms with Crippen molar-refractivity contribution in [3.05, 3.63) is 46.6 Å². The Labute approximate surface area is 133 Å². The van der Waals surface area contributed by atoms with Crippen LogP contribution in [-0.2, 0) is 6.54 Å². The van der Waals surface area contributed by atoms with E-state index in [1.54, 1.807) is 0 Å². The molecule has 1 atom stereocenters. The van der Waals surface area contributed by atoms with Crippen LogP contribution in [0, 0.1) is 11.3 Å². The van der Waals surface area contributed by atoms with Gasteiger partial charge in [-0.3, -0.25) is 0 Å². The molecular formula is C15H16ClN3OS. The molecule has 0 spiro atoms. The molecule has 0 fully saturated rings. The van der Waals surface area contributed by atoms with Crippen LogP contribution in [-0.4, -0.2) is 22.1 Å². The van der Waals surface area contributed by atoms with Gasteiger partial charge in [-0.15, -0.1) is 0 Å². The minimum absolute atomic E-state index is 0.0822. The molecular weight excluding hydrogens is 306 g/mol. The van der Waals surface area contributed by atoms with E-state index in [4.69, 9.17) is 11.6 Å². The summed E-state index contributed by atoms with van der Waals surface area (Å²) in [5, 5.41) is 19.5. The summed E-state index contributed by atoms with van der Waals surface area (Å²) in [4.78, 5) is 2.08. The highest BCUT2D eigenvalue weighted by Crippen LogP contribution is 2.34. The molecule has 1 aromatic heterocycles. The highest BCUT2D eigenvalue weighted by atomic mass is 35.5. The lowest BCUT2D eigenvalue weighted by Gasteiger charge is -2.29. The minimum atomic E-state index is 0.0822. The van der Waals surface area contributed by atoms with Crippen LogP contribution in [0.4, 0.5) is 5.00 Å². The molecule has 0 saturated heterocycles. The molecule has 4 nitrogen and oxygen atoms in total. The largest absolute Gasteiger partial charge is 0.396 e. The zero-order valence-electron chi connectivity index (χ0n) is 11.7. The Morgan fingerprint density at radius 2 is 2.14 bits per heavy atom. The second kappa shape index (κ2) is 7.41. The number of aliphatic hydroxyl groups excluding tert-OH is 1. The monoisotopic (exact) mass is 321 g/mol. The van der Waals surface area contributed by atoms with Crippen molar-refractivity contribution in [1.82, 2.24) is 4.37 Å². The zero-order valence-corrected chi connectivity index (χ0v) is 13.2. The van der Waals surface area contributed by atoms with Gasteiger partial charge in [-0.25, -0.2) is 0 Å². The fourth-order valence-corrected chi connectivity index (χ4v) is 3.24. The van der Waals surface area contributed by atoms with Crippen molar-refractivity contribution in [1.29, 1.82) is 5.26 Å². The van der Waals surface area contributed by atoms with Gasteiger partial charge in [0, 0.05) is 19.2 Å². The van der Waals surface area contributed by atoms with E-state index in [0.717, 1.165) is 10.6 Å². The summed E-state index contributed by atoms with van der Waals surface area (Å²) in [5.74, 6) is 0. The summed E-state index contributed by atoms with van der Waals surface area (Å²) in [6.45, 7) is 2.77. The van der Waals surface area contributed by atoms with E-state index in [1.165, 1.54) is 11.5 Å². The smallest absolute Gasteiger partial charge is 0.162 e. The average Bonchev–Trinajstić information content (AvgIpc) is 2.86. The SMILES string of the molecule is CC(CCO)N(Cc1ccccc1)c1snc(Cl)c1C#N. The third kappa shape index (κ3) is 3.73. The number of nitriles is 1. The number of aliphatic hydroxyl groups is 1. The van der Waals surface area contributed by atoms with Crippen LogP contribution in [0.1, 0.15) is 24.5 Å². The number of rotatable bonds is 6. The number of halogens is 1. The summed E-state index contributed by atoms with van der Waals surface area (Å²) < 4.78 is 4.07. The van der Waals surface area contributed by atoms with E-state index < -0.39 is 0 Å². The quantitative estimate of drug-likeness (QED) is 0.885. The number of aromatic nitrogens is 1. The Kier molecular flexibility index (Phi) is 5.57. The van der Waals surface area contributed by atoms with Crippen LogP contribution in [0.2, 0.25) is 5.15 Å². The molecule has 110 valence electrons. The van der Waals surface area contributed by atoms with E-state index in [0.29, 0.717) is 18.5 Å². The number of benzene rings is 1. The van der Waals surface area contributed by atoms with Gasteiger partial charge in [-0.2, -0.15) is 9.64 Å². The molecule has 1 N–H and O–H groups in total. The Morgan fingerprint density at radius 3 is 2.76 bits per heavy atom. The van der Waals surface area contributed by atoms with E-state index >= 15 is 0 Å². The summed E-state index contributed by atoms with van der Waals surface area (Å²) in [6, 6.07) is 12.2. The Hall–Kier alpha value is -1.61. The van der Waals surface area contributed by atoms with E-state index in [9.17, 15) is 10.4 Å². The molecule has 0 aliphatic rings. The summed E-state index contributed by atoms with van der Waals surface area (Å²) in [6.07, 6.45) is 0.618. The van der Waals surface area contributed by atoms with Gasteiger partial charge in [-0.05, 0) is 30.4 Å². The molecule has 21 heavy (non-hydrogen) atoms. The van der Waals surface area contributed by atoms with Gasteiger partial charge >= 0.3 is 0 Å². The maximum atomic E-state index is 9.27. The maximum Gasteiger partial charge on any atom is 0.162 e. The van der Waals surface area contributed by atoms with Gasteiger partial charge in [0.25, 0.3) is 0 Å². The van der Waals surface area contributed by atoms with Crippen molar-refractivity contribution < 1.29 is 5.11 Å². The van der Waals surface area contributed by atoms with Crippen molar-refractivity contribution in [2.45, 2.75) is 25.9 Å². The molecule has 0 amide bonds. The lowest BCUT2D eigenvalue weighted by molar-refractivity contribution is 0.276. The predicted octanol–water partition coefficient (Wildman–Crippen LogP) is 3.45. The molecule has 0 aliphatic carbocycles. The molecule has 2 rings (SSSR count). The molecule has 1 aromatic carbocycles. The van der Waals surface area contributed by atoms with Gasteiger partial charge in [0.2, 0.25) is 0 Å².